The van der Waals surface area contributed by atoms with E-state index in [1.165, 1.54) is 4.68 Å². The van der Waals surface area contributed by atoms with Crippen molar-refractivity contribution in [1.82, 2.24) is 15.1 Å². The molecule has 8 nitrogen and oxygen atoms in total. The molecule has 0 radical (unpaired) electrons. The lowest BCUT2D eigenvalue weighted by Gasteiger charge is -2.33. The fourth-order valence-electron chi connectivity index (χ4n) is 4.20. The largest absolute Gasteiger partial charge is 0.497 e. The van der Waals surface area contributed by atoms with Crippen LogP contribution in [0.25, 0.3) is 0 Å². The van der Waals surface area contributed by atoms with Crippen LogP contribution < -0.4 is 25.2 Å². The maximum atomic E-state index is 12.9. The summed E-state index contributed by atoms with van der Waals surface area (Å²) in [6.45, 7) is 2.16. The van der Waals surface area contributed by atoms with Gasteiger partial charge < -0.3 is 19.7 Å². The Labute approximate surface area is 199 Å². The van der Waals surface area contributed by atoms with Crippen molar-refractivity contribution in [2.45, 2.75) is 25.9 Å². The van der Waals surface area contributed by atoms with Gasteiger partial charge in [-0.3, -0.25) is 9.59 Å². The number of aromatic nitrogens is 2. The van der Waals surface area contributed by atoms with Crippen LogP contribution in [0.4, 0.5) is 5.69 Å². The van der Waals surface area contributed by atoms with Gasteiger partial charge in [-0.2, -0.15) is 5.10 Å². The van der Waals surface area contributed by atoms with Crippen LogP contribution in [0.5, 0.6) is 11.5 Å². The van der Waals surface area contributed by atoms with E-state index >= 15 is 0 Å². The molecule has 0 spiro atoms. The summed E-state index contributed by atoms with van der Waals surface area (Å²) in [5.41, 5.74) is 2.53. The second-order valence-electron chi connectivity index (χ2n) is 8.42. The molecule has 0 aliphatic carbocycles. The minimum absolute atomic E-state index is 0.00290. The Hall–Kier alpha value is -3.81. The van der Waals surface area contributed by atoms with Crippen LogP contribution in [0.15, 0.2) is 65.6 Å². The Balaban J connectivity index is 1.38. The van der Waals surface area contributed by atoms with E-state index in [1.807, 2.05) is 42.5 Å². The molecule has 2 aromatic carbocycles. The number of nitrogens with zero attached hydrogens (tertiary/aromatic N) is 3. The van der Waals surface area contributed by atoms with Crippen LogP contribution in [0.1, 0.15) is 24.0 Å². The fraction of sp³-hybridized carbons (Fsp3) is 0.346. The lowest BCUT2D eigenvalue weighted by molar-refractivity contribution is -0.125. The van der Waals surface area contributed by atoms with Gasteiger partial charge in [0.05, 0.1) is 38.6 Å². The van der Waals surface area contributed by atoms with E-state index in [0.717, 1.165) is 36.2 Å². The Bertz CT molecular complexity index is 1160. The first kappa shape index (κ1) is 23.4. The Morgan fingerprint density at radius 1 is 1.06 bits per heavy atom. The number of hydrogen-bond acceptors (Lipinski definition) is 6. The van der Waals surface area contributed by atoms with Gasteiger partial charge in [-0.25, -0.2) is 4.68 Å². The summed E-state index contributed by atoms with van der Waals surface area (Å²) in [7, 11) is 3.20. The summed E-state index contributed by atoms with van der Waals surface area (Å²) in [6.07, 6.45) is 3.40. The van der Waals surface area contributed by atoms with Gasteiger partial charge in [0, 0.05) is 31.8 Å². The highest BCUT2D eigenvalue weighted by Gasteiger charge is 2.26. The monoisotopic (exact) mass is 462 g/mol. The van der Waals surface area contributed by atoms with Crippen LogP contribution in [0.2, 0.25) is 0 Å². The Morgan fingerprint density at radius 3 is 2.47 bits per heavy atom. The quantitative estimate of drug-likeness (QED) is 0.554. The van der Waals surface area contributed by atoms with Crippen molar-refractivity contribution < 1.29 is 14.3 Å². The van der Waals surface area contributed by atoms with Gasteiger partial charge in [0.15, 0.2) is 0 Å². The molecule has 1 aliphatic rings. The number of amides is 1. The number of piperidine rings is 1. The van der Waals surface area contributed by atoms with Gasteiger partial charge in [0.1, 0.15) is 11.5 Å². The van der Waals surface area contributed by atoms with Crippen molar-refractivity contribution in [2.24, 2.45) is 5.92 Å². The third kappa shape index (κ3) is 5.75. The Kier molecular flexibility index (Phi) is 7.47. The molecule has 2 heterocycles. The first-order valence-electron chi connectivity index (χ1n) is 11.4. The molecule has 1 saturated heterocycles. The number of hydrogen-bond donors (Lipinski definition) is 1. The highest BCUT2D eigenvalue weighted by Crippen LogP contribution is 2.24. The number of ether oxygens (including phenoxy) is 2. The van der Waals surface area contributed by atoms with Gasteiger partial charge in [0.2, 0.25) is 5.91 Å². The molecule has 0 saturated carbocycles. The molecule has 178 valence electrons. The number of carbonyl (C=O) groups is 1. The molecule has 3 aromatic rings. The number of rotatable bonds is 8. The number of anilines is 1. The van der Waals surface area contributed by atoms with Crippen molar-refractivity contribution in [3.05, 3.63) is 82.3 Å². The van der Waals surface area contributed by atoms with E-state index in [9.17, 15) is 9.59 Å². The molecule has 1 atom stereocenters. The molecular formula is C26H30N4O4. The molecule has 1 unspecified atom stereocenters. The minimum Gasteiger partial charge on any atom is -0.497 e. The maximum Gasteiger partial charge on any atom is 0.269 e. The van der Waals surface area contributed by atoms with Gasteiger partial charge in [-0.1, -0.05) is 30.3 Å². The van der Waals surface area contributed by atoms with Crippen molar-refractivity contribution in [3.63, 3.8) is 0 Å². The summed E-state index contributed by atoms with van der Waals surface area (Å²) in [5, 5.41) is 7.40. The van der Waals surface area contributed by atoms with Crippen LogP contribution >= 0.6 is 0 Å². The number of methoxy groups -OCH3 is 2. The van der Waals surface area contributed by atoms with Gasteiger partial charge in [0.25, 0.3) is 5.56 Å². The minimum atomic E-state index is -0.159. The molecule has 4 rings (SSSR count). The van der Waals surface area contributed by atoms with Crippen LogP contribution in [0, 0.1) is 5.92 Å². The van der Waals surface area contributed by atoms with Crippen LogP contribution in [-0.2, 0) is 17.9 Å². The number of benzene rings is 2. The van der Waals surface area contributed by atoms with Crippen LogP contribution in [0.3, 0.4) is 0 Å². The molecule has 1 aliphatic heterocycles. The van der Waals surface area contributed by atoms with E-state index in [2.05, 4.69) is 15.3 Å². The van der Waals surface area contributed by atoms with Crippen molar-refractivity contribution in [1.29, 1.82) is 0 Å². The van der Waals surface area contributed by atoms with Crippen molar-refractivity contribution in [3.8, 4) is 11.5 Å². The highest BCUT2D eigenvalue weighted by atomic mass is 16.5. The average molecular weight is 463 g/mol. The van der Waals surface area contributed by atoms with E-state index < -0.39 is 0 Å². The van der Waals surface area contributed by atoms with Crippen molar-refractivity contribution >= 4 is 11.6 Å². The third-order valence-corrected chi connectivity index (χ3v) is 6.07. The first-order valence-corrected chi connectivity index (χ1v) is 11.4. The third-order valence-electron chi connectivity index (χ3n) is 6.07. The predicted molar refractivity (Wildman–Crippen MR) is 130 cm³/mol. The summed E-state index contributed by atoms with van der Waals surface area (Å²) >= 11 is 0. The van der Waals surface area contributed by atoms with Gasteiger partial charge in [-0.05, 0) is 36.1 Å². The molecule has 1 N–H and O–H groups in total. The molecular weight excluding hydrogens is 432 g/mol. The number of nitrogens with one attached hydrogen (secondary N) is 1. The molecule has 34 heavy (non-hydrogen) atoms. The number of carbonyl (C=O) groups excluding carboxylic acids is 1. The molecule has 8 heteroatoms. The lowest BCUT2D eigenvalue weighted by atomic mass is 9.96. The fourth-order valence-corrected chi connectivity index (χ4v) is 4.20. The van der Waals surface area contributed by atoms with E-state index in [-0.39, 0.29) is 17.4 Å². The summed E-state index contributed by atoms with van der Waals surface area (Å²) < 4.78 is 12.1. The van der Waals surface area contributed by atoms with Crippen LogP contribution in [-0.4, -0.2) is 43.0 Å². The van der Waals surface area contributed by atoms with Gasteiger partial charge in [-0.15, -0.1) is 0 Å². The topological polar surface area (TPSA) is 85.7 Å². The normalized spacial score (nSPS) is 15.6. The molecule has 1 fully saturated rings. The van der Waals surface area contributed by atoms with Gasteiger partial charge >= 0.3 is 0 Å². The second-order valence-corrected chi connectivity index (χ2v) is 8.42. The zero-order valence-corrected chi connectivity index (χ0v) is 19.6. The highest BCUT2D eigenvalue weighted by molar-refractivity contribution is 5.79. The SMILES string of the molecule is COc1cc(CNC(=O)C2CCCN(c3cnn(Cc4ccccc4)c(=O)c3)C2)cc(OC)c1. The first-order chi connectivity index (χ1) is 16.6. The summed E-state index contributed by atoms with van der Waals surface area (Å²) in [6, 6.07) is 16.9. The Morgan fingerprint density at radius 2 is 1.79 bits per heavy atom. The maximum absolute atomic E-state index is 12.9. The predicted octanol–water partition coefficient (Wildman–Crippen LogP) is 2.84. The van der Waals surface area contributed by atoms with E-state index in [1.54, 1.807) is 32.5 Å². The second kappa shape index (κ2) is 10.9. The standard InChI is InChI=1S/C26H30N4O4/c1-33-23-11-20(12-24(14-23)34-2)15-27-26(32)21-9-6-10-29(18-21)22-13-25(31)30(28-16-22)17-19-7-4-3-5-8-19/h3-5,7-8,11-14,16,21H,6,9-10,15,17-18H2,1-2H3,(H,27,32). The molecule has 1 amide bonds. The molecule has 1 aromatic heterocycles. The van der Waals surface area contributed by atoms with E-state index in [0.29, 0.717) is 31.1 Å². The van der Waals surface area contributed by atoms with E-state index in [4.69, 9.17) is 9.47 Å². The zero-order chi connectivity index (χ0) is 23.9. The zero-order valence-electron chi connectivity index (χ0n) is 19.6. The average Bonchev–Trinajstić information content (AvgIpc) is 2.88. The summed E-state index contributed by atoms with van der Waals surface area (Å²) in [4.78, 5) is 27.6. The smallest absolute Gasteiger partial charge is 0.269 e. The van der Waals surface area contributed by atoms with Crippen molar-refractivity contribution in [2.75, 3.05) is 32.2 Å². The summed E-state index contributed by atoms with van der Waals surface area (Å²) in [5.74, 6) is 1.20. The molecule has 0 bridgehead atoms. The lowest BCUT2D eigenvalue weighted by Crippen LogP contribution is -2.43.